The highest BCUT2D eigenvalue weighted by Gasteiger charge is 2.33. The third kappa shape index (κ3) is 7.37. The molecule has 0 spiro atoms. The van der Waals surface area contributed by atoms with Crippen molar-refractivity contribution >= 4 is 29.1 Å². The summed E-state index contributed by atoms with van der Waals surface area (Å²) in [6.45, 7) is 1.06. The van der Waals surface area contributed by atoms with E-state index in [1.54, 1.807) is 30.9 Å². The Balaban J connectivity index is 1.63. The van der Waals surface area contributed by atoms with Gasteiger partial charge in [0.1, 0.15) is 5.82 Å². The molecular weight excluding hydrogens is 400 g/mol. The van der Waals surface area contributed by atoms with E-state index >= 15 is 0 Å². The number of alkyl halides is 3. The normalized spacial score (nSPS) is 12.3. The van der Waals surface area contributed by atoms with Crippen molar-refractivity contribution < 1.29 is 17.6 Å². The first-order valence-corrected chi connectivity index (χ1v) is 10.2. The zero-order valence-electron chi connectivity index (χ0n) is 14.6. The van der Waals surface area contributed by atoms with Crippen molar-refractivity contribution in [3.63, 3.8) is 0 Å². The summed E-state index contributed by atoms with van der Waals surface area (Å²) in [5.41, 5.74) is -0.177. The van der Waals surface area contributed by atoms with Crippen molar-refractivity contribution in [3.05, 3.63) is 51.7 Å². The molecule has 2 aromatic rings. The van der Waals surface area contributed by atoms with Crippen molar-refractivity contribution in [2.24, 2.45) is 4.99 Å². The third-order valence-electron chi connectivity index (χ3n) is 3.45. The number of nitrogens with zero attached hydrogens (tertiary/aromatic N) is 2. The van der Waals surface area contributed by atoms with Crippen LogP contribution in [0, 0.1) is 5.82 Å². The molecule has 2 rings (SSSR count). The predicted octanol–water partition coefficient (Wildman–Crippen LogP) is 3.94. The SMILES string of the molecule is CN=C(NCCSCc1ccccc1F)NCCc1nc(C(F)(F)F)cs1. The number of aromatic nitrogens is 1. The second-order valence-electron chi connectivity index (χ2n) is 5.44. The Kier molecular flexibility index (Phi) is 8.36. The first-order chi connectivity index (χ1) is 12.9. The minimum absolute atomic E-state index is 0.202. The number of aliphatic imine (C=N–C) groups is 1. The first-order valence-electron chi connectivity index (χ1n) is 8.17. The molecule has 2 N–H and O–H groups in total. The maximum Gasteiger partial charge on any atom is 0.434 e. The van der Waals surface area contributed by atoms with Crippen molar-refractivity contribution in [3.8, 4) is 0 Å². The number of halogens is 4. The van der Waals surface area contributed by atoms with E-state index in [-0.39, 0.29) is 5.82 Å². The molecule has 148 valence electrons. The molecular formula is C17H20F4N4S2. The predicted molar refractivity (Wildman–Crippen MR) is 103 cm³/mol. The average molecular weight is 421 g/mol. The van der Waals surface area contributed by atoms with E-state index in [1.165, 1.54) is 6.07 Å². The fourth-order valence-electron chi connectivity index (χ4n) is 2.10. The number of rotatable bonds is 8. The Morgan fingerprint density at radius 3 is 2.63 bits per heavy atom. The molecule has 0 unspecified atom stereocenters. The molecule has 0 atom stereocenters. The fraction of sp³-hybridized carbons (Fsp3) is 0.412. The van der Waals surface area contributed by atoms with Crippen LogP contribution in [0.25, 0.3) is 0 Å². The smallest absolute Gasteiger partial charge is 0.356 e. The number of thioether (sulfide) groups is 1. The number of guanidine groups is 1. The summed E-state index contributed by atoms with van der Waals surface area (Å²) < 4.78 is 51.0. The average Bonchev–Trinajstić information content (AvgIpc) is 3.10. The van der Waals surface area contributed by atoms with Gasteiger partial charge in [0.2, 0.25) is 0 Å². The Hall–Kier alpha value is -1.81. The molecule has 10 heteroatoms. The van der Waals surface area contributed by atoms with Crippen LogP contribution in [0.1, 0.15) is 16.3 Å². The molecule has 0 radical (unpaired) electrons. The van der Waals surface area contributed by atoms with Crippen LogP contribution in [0.5, 0.6) is 0 Å². The zero-order chi connectivity index (χ0) is 19.7. The van der Waals surface area contributed by atoms with E-state index in [4.69, 9.17) is 0 Å². The summed E-state index contributed by atoms with van der Waals surface area (Å²) in [5.74, 6) is 1.71. The molecule has 0 bridgehead atoms. The van der Waals surface area contributed by atoms with E-state index < -0.39 is 11.9 Å². The molecule has 0 saturated heterocycles. The van der Waals surface area contributed by atoms with Crippen LogP contribution in [0.2, 0.25) is 0 Å². The van der Waals surface area contributed by atoms with Gasteiger partial charge in [-0.15, -0.1) is 11.3 Å². The van der Waals surface area contributed by atoms with Crippen LogP contribution >= 0.6 is 23.1 Å². The largest absolute Gasteiger partial charge is 0.434 e. The van der Waals surface area contributed by atoms with Crippen molar-refractivity contribution in [1.29, 1.82) is 0 Å². The summed E-state index contributed by atoms with van der Waals surface area (Å²) in [7, 11) is 1.62. The van der Waals surface area contributed by atoms with Gasteiger partial charge in [0.15, 0.2) is 11.7 Å². The second-order valence-corrected chi connectivity index (χ2v) is 7.49. The summed E-state index contributed by atoms with van der Waals surface area (Å²) in [5, 5.41) is 7.60. The standard InChI is InChI=1S/C17H20F4N4S2/c1-22-16(23-7-6-15-25-14(11-27-15)17(19,20)21)24-8-9-26-10-12-4-2-3-5-13(12)18/h2-5,11H,6-10H2,1H3,(H2,22,23,24). The van der Waals surface area contributed by atoms with Crippen LogP contribution in [0.4, 0.5) is 17.6 Å². The van der Waals surface area contributed by atoms with E-state index in [1.807, 2.05) is 6.07 Å². The van der Waals surface area contributed by atoms with Gasteiger partial charge in [-0.25, -0.2) is 9.37 Å². The quantitative estimate of drug-likeness (QED) is 0.294. The molecule has 4 nitrogen and oxygen atoms in total. The molecule has 27 heavy (non-hydrogen) atoms. The molecule has 1 aromatic heterocycles. The van der Waals surface area contributed by atoms with Crippen LogP contribution in [0.15, 0.2) is 34.6 Å². The van der Waals surface area contributed by atoms with E-state index in [2.05, 4.69) is 20.6 Å². The van der Waals surface area contributed by atoms with E-state index in [9.17, 15) is 17.6 Å². The van der Waals surface area contributed by atoms with Crippen molar-refractivity contribution in [2.45, 2.75) is 18.3 Å². The second kappa shape index (κ2) is 10.5. The zero-order valence-corrected chi connectivity index (χ0v) is 16.3. The van der Waals surface area contributed by atoms with Gasteiger partial charge in [-0.05, 0) is 11.6 Å². The van der Waals surface area contributed by atoms with Crippen LogP contribution in [-0.2, 0) is 18.3 Å². The Morgan fingerprint density at radius 2 is 1.96 bits per heavy atom. The van der Waals surface area contributed by atoms with E-state index in [0.717, 1.165) is 22.5 Å². The summed E-state index contributed by atoms with van der Waals surface area (Å²) >= 11 is 2.59. The first kappa shape index (κ1) is 21.5. The van der Waals surface area contributed by atoms with Gasteiger partial charge >= 0.3 is 6.18 Å². The number of thiazole rings is 1. The lowest BCUT2D eigenvalue weighted by atomic mass is 10.2. The van der Waals surface area contributed by atoms with Crippen LogP contribution in [0.3, 0.4) is 0 Å². The Labute approximate surface area is 163 Å². The minimum Gasteiger partial charge on any atom is -0.356 e. The van der Waals surface area contributed by atoms with Gasteiger partial charge in [0.25, 0.3) is 0 Å². The minimum atomic E-state index is -4.40. The van der Waals surface area contributed by atoms with Gasteiger partial charge in [0, 0.05) is 43.4 Å². The molecule has 0 aliphatic rings. The third-order valence-corrected chi connectivity index (χ3v) is 5.37. The lowest BCUT2D eigenvalue weighted by Crippen LogP contribution is -2.39. The molecule has 0 aliphatic carbocycles. The van der Waals surface area contributed by atoms with Crippen LogP contribution < -0.4 is 10.6 Å². The van der Waals surface area contributed by atoms with Gasteiger partial charge in [-0.1, -0.05) is 18.2 Å². The topological polar surface area (TPSA) is 49.3 Å². The van der Waals surface area contributed by atoms with Gasteiger partial charge < -0.3 is 10.6 Å². The molecule has 1 aromatic carbocycles. The van der Waals surface area contributed by atoms with Crippen LogP contribution in [-0.4, -0.2) is 36.8 Å². The molecule has 0 saturated carbocycles. The lowest BCUT2D eigenvalue weighted by molar-refractivity contribution is -0.140. The highest BCUT2D eigenvalue weighted by atomic mass is 32.2. The Bertz CT molecular complexity index is 747. The number of hydrogen-bond acceptors (Lipinski definition) is 4. The maximum atomic E-state index is 13.5. The highest BCUT2D eigenvalue weighted by Crippen LogP contribution is 2.29. The van der Waals surface area contributed by atoms with E-state index in [0.29, 0.717) is 41.8 Å². The Morgan fingerprint density at radius 1 is 1.22 bits per heavy atom. The molecule has 0 amide bonds. The molecule has 0 fully saturated rings. The maximum absolute atomic E-state index is 13.5. The molecule has 0 aliphatic heterocycles. The van der Waals surface area contributed by atoms with Crippen molar-refractivity contribution in [2.75, 3.05) is 25.9 Å². The number of benzene rings is 1. The number of nitrogens with one attached hydrogen (secondary N) is 2. The van der Waals surface area contributed by atoms with Gasteiger partial charge in [-0.3, -0.25) is 4.99 Å². The summed E-state index contributed by atoms with van der Waals surface area (Å²) in [6, 6.07) is 6.68. The number of hydrogen-bond donors (Lipinski definition) is 2. The highest BCUT2D eigenvalue weighted by molar-refractivity contribution is 7.98. The summed E-state index contributed by atoms with van der Waals surface area (Å²) in [4.78, 5) is 7.65. The fourth-order valence-corrected chi connectivity index (χ4v) is 3.75. The van der Waals surface area contributed by atoms with Gasteiger partial charge in [-0.2, -0.15) is 24.9 Å². The van der Waals surface area contributed by atoms with Crippen molar-refractivity contribution in [1.82, 2.24) is 15.6 Å². The molecule has 1 heterocycles. The van der Waals surface area contributed by atoms with Gasteiger partial charge in [0.05, 0.1) is 5.01 Å². The lowest BCUT2D eigenvalue weighted by Gasteiger charge is -2.11. The monoisotopic (exact) mass is 420 g/mol. The summed E-state index contributed by atoms with van der Waals surface area (Å²) in [6.07, 6.45) is -4.02.